The summed E-state index contributed by atoms with van der Waals surface area (Å²) in [7, 11) is 0. The molecule has 0 aliphatic carbocycles. The van der Waals surface area contributed by atoms with Gasteiger partial charge in [0.05, 0.1) is 18.7 Å². The molecule has 1 fully saturated rings. The van der Waals surface area contributed by atoms with Crippen molar-refractivity contribution in [3.8, 4) is 0 Å². The van der Waals surface area contributed by atoms with Crippen LogP contribution in [0.15, 0.2) is 0 Å². The number of nitrogens with one attached hydrogen (secondary N) is 2. The SMILES string of the molecule is CC[C@@H](C)[C@@H](C)C1OC(C)(C(=O)NCC=O)CC(C)C1NC(C)=O. The number of rotatable bonds is 7. The lowest BCUT2D eigenvalue weighted by Gasteiger charge is -2.48. The standard InChI is InChI=1S/C18H32N2O4/c1-7-11(2)13(4)16-15(20-14(5)22)12(3)10-18(6,24-16)17(23)19-8-9-21/h9,11-13,15-16H,7-8,10H2,1-6H3,(H,19,23)(H,20,22)/t11-,12?,13-,15?,16?,18?/m1/s1. The normalized spacial score (nSPS) is 32.5. The second-order valence-electron chi connectivity index (χ2n) is 7.34. The minimum atomic E-state index is -0.996. The van der Waals surface area contributed by atoms with Crippen LogP contribution in [0.4, 0.5) is 0 Å². The average molecular weight is 340 g/mol. The van der Waals surface area contributed by atoms with Crippen LogP contribution in [-0.4, -0.2) is 42.4 Å². The fourth-order valence-corrected chi connectivity index (χ4v) is 3.54. The summed E-state index contributed by atoms with van der Waals surface area (Å²) in [5, 5.41) is 5.61. The van der Waals surface area contributed by atoms with Crippen LogP contribution < -0.4 is 10.6 Å². The van der Waals surface area contributed by atoms with E-state index < -0.39 is 5.60 Å². The highest BCUT2D eigenvalue weighted by Gasteiger charge is 2.49. The zero-order chi connectivity index (χ0) is 18.5. The molecule has 0 aromatic rings. The number of ether oxygens (including phenoxy) is 1. The molecule has 6 nitrogen and oxygen atoms in total. The van der Waals surface area contributed by atoms with E-state index in [1.807, 2.05) is 6.92 Å². The first-order valence-electron chi connectivity index (χ1n) is 8.83. The Morgan fingerprint density at radius 2 is 2.00 bits per heavy atom. The third kappa shape index (κ3) is 4.79. The number of carbonyl (C=O) groups is 3. The summed E-state index contributed by atoms with van der Waals surface area (Å²) in [6, 6.07) is -0.126. The van der Waals surface area contributed by atoms with Crippen molar-refractivity contribution in [2.24, 2.45) is 17.8 Å². The maximum absolute atomic E-state index is 12.5. The van der Waals surface area contributed by atoms with Gasteiger partial charge in [-0.25, -0.2) is 0 Å². The van der Waals surface area contributed by atoms with Gasteiger partial charge in [-0.1, -0.05) is 34.1 Å². The first kappa shape index (κ1) is 20.6. The topological polar surface area (TPSA) is 84.5 Å². The van der Waals surface area contributed by atoms with Gasteiger partial charge >= 0.3 is 0 Å². The molecule has 1 saturated heterocycles. The summed E-state index contributed by atoms with van der Waals surface area (Å²) in [5.74, 6) is 0.313. The van der Waals surface area contributed by atoms with Gasteiger partial charge in [0.2, 0.25) is 5.91 Å². The molecule has 1 aliphatic heterocycles. The van der Waals surface area contributed by atoms with E-state index in [0.717, 1.165) is 6.42 Å². The van der Waals surface area contributed by atoms with E-state index in [4.69, 9.17) is 4.74 Å². The van der Waals surface area contributed by atoms with Crippen LogP contribution >= 0.6 is 0 Å². The van der Waals surface area contributed by atoms with Crippen LogP contribution in [0.3, 0.4) is 0 Å². The zero-order valence-electron chi connectivity index (χ0n) is 15.7. The second-order valence-corrected chi connectivity index (χ2v) is 7.34. The minimum absolute atomic E-state index is 0.0210. The fraction of sp³-hybridized carbons (Fsp3) is 0.833. The Balaban J connectivity index is 3.07. The van der Waals surface area contributed by atoms with Crippen LogP contribution in [0, 0.1) is 17.8 Å². The van der Waals surface area contributed by atoms with Crippen molar-refractivity contribution in [1.82, 2.24) is 10.6 Å². The Hall–Kier alpha value is -1.43. The molecule has 1 rings (SSSR count). The molecular formula is C18H32N2O4. The predicted octanol–water partition coefficient (Wildman–Crippen LogP) is 1.67. The summed E-state index contributed by atoms with van der Waals surface area (Å²) in [6.07, 6.45) is 1.90. The Labute approximate surface area is 145 Å². The van der Waals surface area contributed by atoms with Crippen LogP contribution in [-0.2, 0) is 19.1 Å². The number of hydrogen-bond acceptors (Lipinski definition) is 4. The Morgan fingerprint density at radius 3 is 2.50 bits per heavy atom. The van der Waals surface area contributed by atoms with Crippen molar-refractivity contribution in [1.29, 1.82) is 0 Å². The molecule has 2 N–H and O–H groups in total. The molecule has 6 heteroatoms. The molecular weight excluding hydrogens is 308 g/mol. The number of amides is 2. The molecule has 4 unspecified atom stereocenters. The summed E-state index contributed by atoms with van der Waals surface area (Å²) in [6.45, 7) is 11.7. The van der Waals surface area contributed by atoms with Crippen molar-refractivity contribution in [2.75, 3.05) is 6.54 Å². The smallest absolute Gasteiger partial charge is 0.252 e. The van der Waals surface area contributed by atoms with Gasteiger partial charge in [0, 0.05) is 6.92 Å². The summed E-state index contributed by atoms with van der Waals surface area (Å²) >= 11 is 0. The van der Waals surface area contributed by atoms with Crippen molar-refractivity contribution in [3.63, 3.8) is 0 Å². The van der Waals surface area contributed by atoms with E-state index in [1.54, 1.807) is 6.92 Å². The minimum Gasteiger partial charge on any atom is -0.360 e. The van der Waals surface area contributed by atoms with Crippen molar-refractivity contribution in [2.45, 2.75) is 72.1 Å². The monoisotopic (exact) mass is 340 g/mol. The number of aldehydes is 1. The summed E-state index contributed by atoms with van der Waals surface area (Å²) < 4.78 is 6.26. The molecule has 1 aliphatic rings. The highest BCUT2D eigenvalue weighted by molar-refractivity contribution is 5.86. The van der Waals surface area contributed by atoms with Gasteiger partial charge in [-0.2, -0.15) is 0 Å². The molecule has 0 aromatic heterocycles. The van der Waals surface area contributed by atoms with Gasteiger partial charge in [-0.15, -0.1) is 0 Å². The van der Waals surface area contributed by atoms with Gasteiger partial charge in [-0.05, 0) is 31.1 Å². The molecule has 0 saturated carbocycles. The van der Waals surface area contributed by atoms with E-state index in [9.17, 15) is 14.4 Å². The van der Waals surface area contributed by atoms with Gasteiger partial charge < -0.3 is 20.2 Å². The lowest BCUT2D eigenvalue weighted by atomic mass is 9.75. The molecule has 2 amide bonds. The first-order chi connectivity index (χ1) is 11.2. The highest BCUT2D eigenvalue weighted by Crippen LogP contribution is 2.38. The Morgan fingerprint density at radius 1 is 1.38 bits per heavy atom. The molecule has 0 spiro atoms. The fourth-order valence-electron chi connectivity index (χ4n) is 3.54. The third-order valence-corrected chi connectivity index (χ3v) is 5.33. The number of hydrogen-bond donors (Lipinski definition) is 2. The summed E-state index contributed by atoms with van der Waals surface area (Å²) in [4.78, 5) is 34.6. The number of carbonyl (C=O) groups excluding carboxylic acids is 3. The van der Waals surface area contributed by atoms with Crippen LogP contribution in [0.5, 0.6) is 0 Å². The van der Waals surface area contributed by atoms with Gasteiger partial charge in [-0.3, -0.25) is 9.59 Å². The average Bonchev–Trinajstić information content (AvgIpc) is 2.53. The summed E-state index contributed by atoms with van der Waals surface area (Å²) in [5.41, 5.74) is -0.996. The zero-order valence-corrected chi connectivity index (χ0v) is 15.7. The lowest BCUT2D eigenvalue weighted by Crippen LogP contribution is -2.63. The molecule has 0 radical (unpaired) electrons. The van der Waals surface area contributed by atoms with E-state index in [2.05, 4.69) is 31.4 Å². The van der Waals surface area contributed by atoms with Crippen molar-refractivity contribution in [3.05, 3.63) is 0 Å². The molecule has 6 atom stereocenters. The van der Waals surface area contributed by atoms with Gasteiger partial charge in [0.1, 0.15) is 11.9 Å². The van der Waals surface area contributed by atoms with Crippen LogP contribution in [0.2, 0.25) is 0 Å². The van der Waals surface area contributed by atoms with E-state index in [1.165, 1.54) is 6.92 Å². The quantitative estimate of drug-likeness (QED) is 0.691. The molecule has 0 bridgehead atoms. The van der Waals surface area contributed by atoms with Gasteiger partial charge in [0.15, 0.2) is 0 Å². The maximum atomic E-state index is 12.5. The first-order valence-corrected chi connectivity index (χ1v) is 8.83. The highest BCUT2D eigenvalue weighted by atomic mass is 16.5. The molecule has 1 heterocycles. The third-order valence-electron chi connectivity index (χ3n) is 5.33. The van der Waals surface area contributed by atoms with E-state index in [-0.39, 0.29) is 42.3 Å². The molecule has 0 aromatic carbocycles. The van der Waals surface area contributed by atoms with E-state index >= 15 is 0 Å². The van der Waals surface area contributed by atoms with Gasteiger partial charge in [0.25, 0.3) is 5.91 Å². The van der Waals surface area contributed by atoms with Crippen molar-refractivity contribution >= 4 is 18.1 Å². The van der Waals surface area contributed by atoms with Crippen LogP contribution in [0.25, 0.3) is 0 Å². The molecule has 138 valence electrons. The van der Waals surface area contributed by atoms with Crippen molar-refractivity contribution < 1.29 is 19.1 Å². The molecule has 24 heavy (non-hydrogen) atoms. The largest absolute Gasteiger partial charge is 0.360 e. The lowest BCUT2D eigenvalue weighted by molar-refractivity contribution is -0.186. The second kappa shape index (κ2) is 8.60. The maximum Gasteiger partial charge on any atom is 0.252 e. The van der Waals surface area contributed by atoms with Crippen LogP contribution in [0.1, 0.15) is 54.4 Å². The predicted molar refractivity (Wildman–Crippen MR) is 92.4 cm³/mol. The van der Waals surface area contributed by atoms with E-state index in [0.29, 0.717) is 18.6 Å². The Kier molecular flexibility index (Phi) is 7.39. The Bertz CT molecular complexity index is 468.